The van der Waals surface area contributed by atoms with Crippen molar-refractivity contribution < 1.29 is 32.6 Å². The van der Waals surface area contributed by atoms with Crippen LogP contribution in [0.4, 0.5) is 18.9 Å². The first kappa shape index (κ1) is 23.5. The van der Waals surface area contributed by atoms with Gasteiger partial charge in [-0.25, -0.2) is 4.98 Å². The standard InChI is InChI=1S/C23H23F3N4O4/c1-34-19-11-17-14(12-30(29-17)15-7-5-13(6-8-15)9-21(31)32)10-18(19)28-22(33)16-3-2-4-20(27-16)23(24,25)26/h2-4,10-13,15H,5-9H2,1H3,(H,28,33)(H,31,32). The lowest BCUT2D eigenvalue weighted by Gasteiger charge is -2.27. The number of carboxylic acids is 1. The van der Waals surface area contributed by atoms with Crippen molar-refractivity contribution in [3.8, 4) is 5.75 Å². The van der Waals surface area contributed by atoms with E-state index in [9.17, 15) is 22.8 Å². The lowest BCUT2D eigenvalue weighted by molar-refractivity contribution is -0.141. The molecule has 4 rings (SSSR count). The zero-order valence-corrected chi connectivity index (χ0v) is 18.3. The van der Waals surface area contributed by atoms with Crippen LogP contribution in [0.25, 0.3) is 10.9 Å². The molecule has 1 aliphatic rings. The first-order valence-corrected chi connectivity index (χ1v) is 10.8. The zero-order chi connectivity index (χ0) is 24.5. The van der Waals surface area contributed by atoms with Gasteiger partial charge in [-0.2, -0.15) is 18.3 Å². The van der Waals surface area contributed by atoms with E-state index in [-0.39, 0.29) is 29.8 Å². The zero-order valence-electron chi connectivity index (χ0n) is 18.3. The maximum atomic E-state index is 12.9. The molecule has 180 valence electrons. The maximum absolute atomic E-state index is 12.9. The number of aliphatic carboxylic acids is 1. The number of nitrogens with zero attached hydrogens (tertiary/aromatic N) is 3. The van der Waals surface area contributed by atoms with Crippen molar-refractivity contribution in [3.05, 3.63) is 47.9 Å². The second kappa shape index (κ2) is 9.32. The van der Waals surface area contributed by atoms with Crippen LogP contribution in [0.5, 0.6) is 5.75 Å². The molecule has 1 aromatic carbocycles. The van der Waals surface area contributed by atoms with E-state index in [1.807, 2.05) is 10.9 Å². The van der Waals surface area contributed by atoms with Crippen LogP contribution in [0.2, 0.25) is 0 Å². The molecule has 1 fully saturated rings. The van der Waals surface area contributed by atoms with Gasteiger partial charge in [0.15, 0.2) is 0 Å². The lowest BCUT2D eigenvalue weighted by Crippen LogP contribution is -2.20. The van der Waals surface area contributed by atoms with E-state index in [0.717, 1.165) is 43.2 Å². The summed E-state index contributed by atoms with van der Waals surface area (Å²) in [7, 11) is 1.42. The lowest BCUT2D eigenvalue weighted by atomic mass is 9.84. The molecule has 0 bridgehead atoms. The average Bonchev–Trinajstić information content (AvgIpc) is 3.21. The Kier molecular flexibility index (Phi) is 6.45. The third kappa shape index (κ3) is 5.13. The number of benzene rings is 1. The van der Waals surface area contributed by atoms with Gasteiger partial charge in [-0.3, -0.25) is 14.3 Å². The van der Waals surface area contributed by atoms with E-state index in [1.54, 1.807) is 12.1 Å². The first-order valence-electron chi connectivity index (χ1n) is 10.8. The molecular weight excluding hydrogens is 453 g/mol. The number of amides is 1. The van der Waals surface area contributed by atoms with Gasteiger partial charge in [0.1, 0.15) is 17.1 Å². The van der Waals surface area contributed by atoms with Crippen LogP contribution < -0.4 is 10.1 Å². The normalized spacial score (nSPS) is 18.6. The van der Waals surface area contributed by atoms with Crippen molar-refractivity contribution in [3.63, 3.8) is 0 Å². The van der Waals surface area contributed by atoms with Crippen molar-refractivity contribution in [2.24, 2.45) is 5.92 Å². The van der Waals surface area contributed by atoms with Crippen LogP contribution in [0.3, 0.4) is 0 Å². The smallest absolute Gasteiger partial charge is 0.433 e. The van der Waals surface area contributed by atoms with E-state index >= 15 is 0 Å². The summed E-state index contributed by atoms with van der Waals surface area (Å²) in [5, 5.41) is 16.9. The number of carbonyl (C=O) groups excluding carboxylic acids is 1. The Balaban J connectivity index is 1.54. The molecule has 0 unspecified atom stereocenters. The van der Waals surface area contributed by atoms with Gasteiger partial charge < -0.3 is 15.2 Å². The molecule has 2 aromatic heterocycles. The fourth-order valence-corrected chi connectivity index (χ4v) is 4.29. The topological polar surface area (TPSA) is 106 Å². The fourth-order valence-electron chi connectivity index (χ4n) is 4.29. The molecule has 0 spiro atoms. The molecule has 2 heterocycles. The van der Waals surface area contributed by atoms with Gasteiger partial charge >= 0.3 is 12.1 Å². The van der Waals surface area contributed by atoms with Gasteiger partial charge in [0.2, 0.25) is 0 Å². The molecule has 34 heavy (non-hydrogen) atoms. The van der Waals surface area contributed by atoms with Crippen LogP contribution >= 0.6 is 0 Å². The molecule has 0 atom stereocenters. The Bertz CT molecular complexity index is 1220. The number of alkyl halides is 3. The Morgan fingerprint density at radius 1 is 1.21 bits per heavy atom. The predicted octanol–water partition coefficient (Wildman–Crippen LogP) is 4.92. The number of anilines is 1. The van der Waals surface area contributed by atoms with E-state index in [2.05, 4.69) is 15.4 Å². The summed E-state index contributed by atoms with van der Waals surface area (Å²) in [6.45, 7) is 0. The van der Waals surface area contributed by atoms with Crippen LogP contribution in [0.1, 0.15) is 54.3 Å². The highest BCUT2D eigenvalue weighted by atomic mass is 19.4. The number of fused-ring (bicyclic) bond motifs is 1. The van der Waals surface area contributed by atoms with Crippen LogP contribution in [-0.2, 0) is 11.0 Å². The average molecular weight is 476 g/mol. The van der Waals surface area contributed by atoms with Gasteiger partial charge in [-0.1, -0.05) is 6.07 Å². The molecule has 1 aliphatic carbocycles. The fraction of sp³-hybridized carbons (Fsp3) is 0.391. The number of methoxy groups -OCH3 is 1. The number of pyridine rings is 1. The highest BCUT2D eigenvalue weighted by molar-refractivity contribution is 6.05. The molecule has 1 saturated carbocycles. The Hall–Kier alpha value is -3.63. The third-order valence-corrected chi connectivity index (χ3v) is 6.02. The van der Waals surface area contributed by atoms with Crippen molar-refractivity contribution in [2.75, 3.05) is 12.4 Å². The van der Waals surface area contributed by atoms with E-state index < -0.39 is 23.7 Å². The SMILES string of the molecule is COc1cc2nn(C3CCC(CC(=O)O)CC3)cc2cc1NC(=O)c1cccc(C(F)(F)F)n1. The van der Waals surface area contributed by atoms with Crippen molar-refractivity contribution in [1.82, 2.24) is 14.8 Å². The van der Waals surface area contributed by atoms with Gasteiger partial charge in [0.05, 0.1) is 24.4 Å². The molecule has 0 radical (unpaired) electrons. The van der Waals surface area contributed by atoms with Crippen LogP contribution in [-0.4, -0.2) is 38.9 Å². The minimum Gasteiger partial charge on any atom is -0.494 e. The van der Waals surface area contributed by atoms with E-state index in [0.29, 0.717) is 11.3 Å². The molecular formula is C23H23F3N4O4. The minimum atomic E-state index is -4.66. The van der Waals surface area contributed by atoms with Crippen LogP contribution in [0, 0.1) is 5.92 Å². The number of carbonyl (C=O) groups is 2. The summed E-state index contributed by atoms with van der Waals surface area (Å²) in [6.07, 6.45) is 0.601. The molecule has 1 amide bonds. The van der Waals surface area contributed by atoms with Gasteiger partial charge in [0.25, 0.3) is 5.91 Å². The first-order chi connectivity index (χ1) is 16.1. The monoisotopic (exact) mass is 476 g/mol. The van der Waals surface area contributed by atoms with Gasteiger partial charge in [-0.05, 0) is 49.8 Å². The van der Waals surface area contributed by atoms with Crippen molar-refractivity contribution in [1.29, 1.82) is 0 Å². The maximum Gasteiger partial charge on any atom is 0.433 e. The van der Waals surface area contributed by atoms with Gasteiger partial charge in [-0.15, -0.1) is 0 Å². The highest BCUT2D eigenvalue weighted by Crippen LogP contribution is 2.36. The molecule has 3 aromatic rings. The number of hydrogen-bond donors (Lipinski definition) is 2. The highest BCUT2D eigenvalue weighted by Gasteiger charge is 2.33. The molecule has 2 N–H and O–H groups in total. The summed E-state index contributed by atoms with van der Waals surface area (Å²) in [5.41, 5.74) is -0.601. The Morgan fingerprint density at radius 2 is 1.94 bits per heavy atom. The summed E-state index contributed by atoms with van der Waals surface area (Å²) < 4.78 is 46.0. The molecule has 11 heteroatoms. The van der Waals surface area contributed by atoms with Crippen LogP contribution in [0.15, 0.2) is 36.5 Å². The summed E-state index contributed by atoms with van der Waals surface area (Å²) >= 11 is 0. The number of hydrogen-bond acceptors (Lipinski definition) is 5. The number of nitrogens with one attached hydrogen (secondary N) is 1. The minimum absolute atomic E-state index is 0.135. The summed E-state index contributed by atoms with van der Waals surface area (Å²) in [4.78, 5) is 27.0. The quantitative estimate of drug-likeness (QED) is 0.523. The Morgan fingerprint density at radius 3 is 2.59 bits per heavy atom. The van der Waals surface area contributed by atoms with Crippen molar-refractivity contribution in [2.45, 2.75) is 44.3 Å². The largest absolute Gasteiger partial charge is 0.494 e. The number of halogens is 3. The third-order valence-electron chi connectivity index (χ3n) is 6.02. The van der Waals surface area contributed by atoms with Gasteiger partial charge in [0, 0.05) is 24.1 Å². The Labute approximate surface area is 192 Å². The predicted molar refractivity (Wildman–Crippen MR) is 117 cm³/mol. The van der Waals surface area contributed by atoms with E-state index in [4.69, 9.17) is 9.84 Å². The second-order valence-corrected chi connectivity index (χ2v) is 8.35. The van der Waals surface area contributed by atoms with E-state index in [1.165, 1.54) is 13.2 Å². The molecule has 0 saturated heterocycles. The number of aromatic nitrogens is 3. The second-order valence-electron chi connectivity index (χ2n) is 8.35. The number of rotatable bonds is 6. The molecule has 0 aliphatic heterocycles. The molecule has 8 nitrogen and oxygen atoms in total. The number of carboxylic acid groups (broad SMARTS) is 1. The summed E-state index contributed by atoms with van der Waals surface area (Å²) in [6, 6.07) is 6.56. The van der Waals surface area contributed by atoms with Crippen molar-refractivity contribution >= 4 is 28.5 Å². The summed E-state index contributed by atoms with van der Waals surface area (Å²) in [5.74, 6) is -1.10. The number of ether oxygens (including phenoxy) is 1.